The summed E-state index contributed by atoms with van der Waals surface area (Å²) in [6.07, 6.45) is 0.293. The van der Waals surface area contributed by atoms with Gasteiger partial charge in [-0.1, -0.05) is 36.4 Å². The Labute approximate surface area is 159 Å². The Bertz CT molecular complexity index is 978. The second-order valence-electron chi connectivity index (χ2n) is 6.35. The van der Waals surface area contributed by atoms with Crippen LogP contribution in [-0.4, -0.2) is 30.5 Å². The largest absolute Gasteiger partial charge is 0.460 e. The standard InChI is InChI=1S/C20H20N2O4S/c1-2-27(24,25)22-13-18-6-4-3-5-17(18)11-19(22)20(23)26-14-16-9-7-15(12-21)8-10-16/h3-10,19H,2,11,13-14H2,1H3/t19-/m1/s1. The van der Waals surface area contributed by atoms with Gasteiger partial charge in [0.25, 0.3) is 0 Å². The molecule has 1 aliphatic rings. The molecule has 0 amide bonds. The van der Waals surface area contributed by atoms with Crippen LogP contribution in [0.3, 0.4) is 0 Å². The van der Waals surface area contributed by atoms with Crippen molar-refractivity contribution >= 4 is 16.0 Å². The summed E-state index contributed by atoms with van der Waals surface area (Å²) >= 11 is 0. The molecule has 0 unspecified atom stereocenters. The third kappa shape index (κ3) is 4.18. The maximum atomic E-state index is 12.7. The highest BCUT2D eigenvalue weighted by molar-refractivity contribution is 7.89. The molecule has 2 aromatic carbocycles. The minimum atomic E-state index is -3.55. The highest BCUT2D eigenvalue weighted by atomic mass is 32.2. The average Bonchev–Trinajstić information content (AvgIpc) is 2.71. The fourth-order valence-corrected chi connectivity index (χ4v) is 4.30. The summed E-state index contributed by atoms with van der Waals surface area (Å²) < 4.78 is 31.7. The fourth-order valence-electron chi connectivity index (χ4n) is 3.08. The minimum Gasteiger partial charge on any atom is -0.460 e. The summed E-state index contributed by atoms with van der Waals surface area (Å²) in [6, 6.07) is 15.4. The van der Waals surface area contributed by atoms with Gasteiger partial charge in [0, 0.05) is 13.0 Å². The Morgan fingerprint density at radius 3 is 2.48 bits per heavy atom. The van der Waals surface area contributed by atoms with Crippen LogP contribution in [0, 0.1) is 11.3 Å². The Morgan fingerprint density at radius 1 is 1.19 bits per heavy atom. The van der Waals surface area contributed by atoms with E-state index in [-0.39, 0.29) is 18.9 Å². The van der Waals surface area contributed by atoms with Crippen molar-refractivity contribution in [1.29, 1.82) is 5.26 Å². The molecule has 0 bridgehead atoms. The number of ether oxygens (including phenoxy) is 1. The molecule has 6 nitrogen and oxygen atoms in total. The molecule has 2 aromatic rings. The van der Waals surface area contributed by atoms with E-state index in [9.17, 15) is 13.2 Å². The first-order valence-corrected chi connectivity index (χ1v) is 10.3. The molecule has 27 heavy (non-hydrogen) atoms. The molecule has 0 aliphatic carbocycles. The van der Waals surface area contributed by atoms with E-state index < -0.39 is 22.0 Å². The molecule has 0 N–H and O–H groups in total. The number of benzene rings is 2. The van der Waals surface area contributed by atoms with Crippen LogP contribution in [0.1, 0.15) is 29.2 Å². The zero-order valence-electron chi connectivity index (χ0n) is 15.0. The SMILES string of the molecule is CCS(=O)(=O)N1Cc2ccccc2C[C@@H]1C(=O)OCc1ccc(C#N)cc1. The zero-order valence-corrected chi connectivity index (χ0v) is 15.8. The van der Waals surface area contributed by atoms with Crippen LogP contribution in [0.15, 0.2) is 48.5 Å². The smallest absolute Gasteiger partial charge is 0.325 e. The van der Waals surface area contributed by atoms with Gasteiger partial charge in [-0.25, -0.2) is 8.42 Å². The van der Waals surface area contributed by atoms with Gasteiger partial charge in [-0.2, -0.15) is 9.57 Å². The molecule has 0 fully saturated rings. The van der Waals surface area contributed by atoms with Crippen molar-refractivity contribution in [2.75, 3.05) is 5.75 Å². The Hall–Kier alpha value is -2.69. The fraction of sp³-hybridized carbons (Fsp3) is 0.300. The van der Waals surface area contributed by atoms with Crippen LogP contribution in [0.5, 0.6) is 0 Å². The van der Waals surface area contributed by atoms with E-state index in [1.165, 1.54) is 4.31 Å². The van der Waals surface area contributed by atoms with Gasteiger partial charge < -0.3 is 4.74 Å². The summed E-state index contributed by atoms with van der Waals surface area (Å²) in [6.45, 7) is 1.76. The molecule has 0 spiro atoms. The lowest BCUT2D eigenvalue weighted by atomic mass is 9.96. The van der Waals surface area contributed by atoms with Crippen LogP contribution < -0.4 is 0 Å². The highest BCUT2D eigenvalue weighted by Gasteiger charge is 2.38. The number of hydrogen-bond acceptors (Lipinski definition) is 5. The van der Waals surface area contributed by atoms with Crippen molar-refractivity contribution in [2.45, 2.75) is 32.5 Å². The van der Waals surface area contributed by atoms with Gasteiger partial charge in [0.2, 0.25) is 10.0 Å². The van der Waals surface area contributed by atoms with E-state index in [2.05, 4.69) is 0 Å². The Balaban J connectivity index is 1.78. The first kappa shape index (κ1) is 19.1. The molecule has 7 heteroatoms. The predicted octanol–water partition coefficient (Wildman–Crippen LogP) is 2.38. The van der Waals surface area contributed by atoms with Crippen molar-refractivity contribution < 1.29 is 17.9 Å². The van der Waals surface area contributed by atoms with Crippen LogP contribution in [0.25, 0.3) is 0 Å². The third-order valence-corrected chi connectivity index (χ3v) is 6.49. The van der Waals surface area contributed by atoms with E-state index in [1.807, 2.05) is 30.3 Å². The van der Waals surface area contributed by atoms with Crippen molar-refractivity contribution in [3.63, 3.8) is 0 Å². The minimum absolute atomic E-state index is 0.0305. The molecule has 1 aliphatic heterocycles. The van der Waals surface area contributed by atoms with Gasteiger partial charge in [-0.3, -0.25) is 4.79 Å². The molecule has 0 saturated heterocycles. The lowest BCUT2D eigenvalue weighted by molar-refractivity contribution is -0.150. The van der Waals surface area contributed by atoms with E-state index in [0.29, 0.717) is 12.0 Å². The second kappa shape index (κ2) is 7.91. The maximum Gasteiger partial charge on any atom is 0.325 e. The first-order chi connectivity index (χ1) is 12.9. The summed E-state index contributed by atoms with van der Waals surface area (Å²) in [4.78, 5) is 12.7. The lowest BCUT2D eigenvalue weighted by Crippen LogP contribution is -2.49. The topological polar surface area (TPSA) is 87.5 Å². The molecular weight excluding hydrogens is 364 g/mol. The molecule has 0 saturated carbocycles. The van der Waals surface area contributed by atoms with E-state index in [0.717, 1.165) is 16.7 Å². The molecule has 0 radical (unpaired) electrons. The van der Waals surface area contributed by atoms with Crippen LogP contribution >= 0.6 is 0 Å². The average molecular weight is 384 g/mol. The van der Waals surface area contributed by atoms with Gasteiger partial charge in [-0.05, 0) is 35.7 Å². The van der Waals surface area contributed by atoms with Crippen molar-refractivity contribution in [3.8, 4) is 6.07 Å². The third-order valence-electron chi connectivity index (χ3n) is 4.66. The van der Waals surface area contributed by atoms with Gasteiger partial charge >= 0.3 is 5.97 Å². The van der Waals surface area contributed by atoms with Crippen molar-refractivity contribution in [1.82, 2.24) is 4.31 Å². The monoisotopic (exact) mass is 384 g/mol. The second-order valence-corrected chi connectivity index (χ2v) is 8.56. The van der Waals surface area contributed by atoms with Crippen molar-refractivity contribution in [3.05, 3.63) is 70.8 Å². The number of nitrogens with zero attached hydrogens (tertiary/aromatic N) is 2. The summed E-state index contributed by atoms with van der Waals surface area (Å²) in [5, 5.41) is 8.83. The molecule has 140 valence electrons. The molecule has 3 rings (SSSR count). The van der Waals surface area contributed by atoms with Gasteiger partial charge in [-0.15, -0.1) is 0 Å². The molecule has 1 atom stereocenters. The number of fused-ring (bicyclic) bond motifs is 1. The van der Waals surface area contributed by atoms with E-state index in [1.54, 1.807) is 31.2 Å². The van der Waals surface area contributed by atoms with Gasteiger partial charge in [0.15, 0.2) is 0 Å². The molecular formula is C20H20N2O4S. The van der Waals surface area contributed by atoms with E-state index in [4.69, 9.17) is 10.00 Å². The van der Waals surface area contributed by atoms with Crippen molar-refractivity contribution in [2.24, 2.45) is 0 Å². The predicted molar refractivity (Wildman–Crippen MR) is 99.9 cm³/mol. The first-order valence-electron chi connectivity index (χ1n) is 8.66. The number of rotatable bonds is 5. The summed E-state index contributed by atoms with van der Waals surface area (Å²) in [5.74, 6) is -0.639. The number of hydrogen-bond donors (Lipinski definition) is 0. The van der Waals surface area contributed by atoms with Crippen LogP contribution in [0.2, 0.25) is 0 Å². The van der Waals surface area contributed by atoms with Gasteiger partial charge in [0.05, 0.1) is 17.4 Å². The number of esters is 1. The number of carbonyl (C=O) groups excluding carboxylic acids is 1. The summed E-state index contributed by atoms with van der Waals surface area (Å²) in [7, 11) is -3.55. The quantitative estimate of drug-likeness (QED) is 0.739. The van der Waals surface area contributed by atoms with Crippen LogP contribution in [-0.2, 0) is 39.1 Å². The van der Waals surface area contributed by atoms with E-state index >= 15 is 0 Å². The number of nitriles is 1. The summed E-state index contributed by atoms with van der Waals surface area (Å²) in [5.41, 5.74) is 3.13. The zero-order chi connectivity index (χ0) is 19.4. The number of carbonyl (C=O) groups is 1. The number of sulfonamides is 1. The van der Waals surface area contributed by atoms with Gasteiger partial charge in [0.1, 0.15) is 12.6 Å². The Morgan fingerprint density at radius 2 is 1.85 bits per heavy atom. The molecule has 1 heterocycles. The Kier molecular flexibility index (Phi) is 5.59. The van der Waals surface area contributed by atoms with Crippen LogP contribution in [0.4, 0.5) is 0 Å². The highest BCUT2D eigenvalue weighted by Crippen LogP contribution is 2.27. The lowest BCUT2D eigenvalue weighted by Gasteiger charge is -2.34. The maximum absolute atomic E-state index is 12.7. The normalized spacial score (nSPS) is 17.0. The molecule has 0 aromatic heterocycles.